The number of ether oxygens (including phenoxy) is 1. The van der Waals surface area contributed by atoms with Gasteiger partial charge in [-0.1, -0.05) is 42.5 Å². The van der Waals surface area contributed by atoms with Gasteiger partial charge in [-0.15, -0.1) is 0 Å². The number of rotatable bonds is 5. The average molecular weight is 388 g/mol. The maximum atomic E-state index is 13.1. The summed E-state index contributed by atoms with van der Waals surface area (Å²) in [5, 5.41) is 6.15. The Bertz CT molecular complexity index is 1020. The van der Waals surface area contributed by atoms with E-state index in [-0.39, 0.29) is 18.4 Å². The lowest BCUT2D eigenvalue weighted by molar-refractivity contribution is -0.117. The zero-order valence-corrected chi connectivity index (χ0v) is 15.8. The van der Waals surface area contributed by atoms with Crippen LogP contribution >= 0.6 is 0 Å². The zero-order chi connectivity index (χ0) is 20.2. The minimum atomic E-state index is -0.446. The molecule has 0 fully saturated rings. The number of fused-ring (bicyclic) bond motifs is 1. The summed E-state index contributed by atoms with van der Waals surface area (Å²) in [6.07, 6.45) is 1.06. The predicted octanol–water partition coefficient (Wildman–Crippen LogP) is 3.30. The minimum Gasteiger partial charge on any atom is -0.481 e. The van der Waals surface area contributed by atoms with Crippen LogP contribution in [0.5, 0.6) is 5.88 Å². The van der Waals surface area contributed by atoms with E-state index >= 15 is 0 Å². The summed E-state index contributed by atoms with van der Waals surface area (Å²) in [5.74, 6) is -0.0530. The first-order chi connectivity index (χ1) is 14.2. The fourth-order valence-electron chi connectivity index (χ4n) is 3.28. The largest absolute Gasteiger partial charge is 0.481 e. The standard InChI is InChI=1S/C22H20N4O3/c1-29-20-12-11-16(13-23-20)24-19(27)14-26-21(15-7-3-2-4-8-15)25-18-10-6-5-9-17(18)22(26)28/h2-13,21,25H,14H2,1H3,(H,24,27)/t21-/m0/s1. The molecule has 2 aromatic carbocycles. The lowest BCUT2D eigenvalue weighted by atomic mass is 10.0. The molecule has 0 aliphatic carbocycles. The fourth-order valence-corrected chi connectivity index (χ4v) is 3.28. The first-order valence-corrected chi connectivity index (χ1v) is 9.17. The third-order valence-corrected chi connectivity index (χ3v) is 4.68. The van der Waals surface area contributed by atoms with Crippen molar-refractivity contribution in [3.63, 3.8) is 0 Å². The van der Waals surface area contributed by atoms with Crippen molar-refractivity contribution in [3.05, 3.63) is 84.1 Å². The van der Waals surface area contributed by atoms with Crippen LogP contribution in [0.3, 0.4) is 0 Å². The van der Waals surface area contributed by atoms with E-state index in [1.54, 1.807) is 18.2 Å². The Morgan fingerprint density at radius 1 is 1.10 bits per heavy atom. The number of amides is 2. The van der Waals surface area contributed by atoms with Crippen LogP contribution in [0.1, 0.15) is 22.1 Å². The van der Waals surface area contributed by atoms with Gasteiger partial charge in [-0.25, -0.2) is 4.98 Å². The number of carbonyl (C=O) groups is 2. The molecule has 0 bridgehead atoms. The van der Waals surface area contributed by atoms with Crippen molar-refractivity contribution >= 4 is 23.2 Å². The number of hydrogen-bond acceptors (Lipinski definition) is 5. The van der Waals surface area contributed by atoms with Gasteiger partial charge in [0.15, 0.2) is 0 Å². The number of hydrogen-bond donors (Lipinski definition) is 2. The number of carbonyl (C=O) groups excluding carboxylic acids is 2. The van der Waals surface area contributed by atoms with Crippen LogP contribution in [-0.4, -0.2) is 35.4 Å². The zero-order valence-electron chi connectivity index (χ0n) is 15.8. The Kier molecular flexibility index (Phi) is 5.11. The van der Waals surface area contributed by atoms with E-state index in [0.29, 0.717) is 17.1 Å². The van der Waals surface area contributed by atoms with Gasteiger partial charge in [-0.05, 0) is 23.8 Å². The second-order valence-corrected chi connectivity index (χ2v) is 6.57. The van der Waals surface area contributed by atoms with Gasteiger partial charge in [0.2, 0.25) is 11.8 Å². The molecule has 29 heavy (non-hydrogen) atoms. The van der Waals surface area contributed by atoms with Crippen molar-refractivity contribution in [2.45, 2.75) is 6.17 Å². The first-order valence-electron chi connectivity index (χ1n) is 9.17. The van der Waals surface area contributed by atoms with Crippen molar-refractivity contribution in [1.29, 1.82) is 0 Å². The number of nitrogens with one attached hydrogen (secondary N) is 2. The smallest absolute Gasteiger partial charge is 0.258 e. The van der Waals surface area contributed by atoms with Gasteiger partial charge in [-0.3, -0.25) is 9.59 Å². The van der Waals surface area contributed by atoms with E-state index in [1.165, 1.54) is 18.2 Å². The Morgan fingerprint density at radius 3 is 2.59 bits per heavy atom. The highest BCUT2D eigenvalue weighted by Crippen LogP contribution is 2.32. The summed E-state index contributed by atoms with van der Waals surface area (Å²) in [5.41, 5.74) is 2.72. The van der Waals surface area contributed by atoms with Crippen molar-refractivity contribution in [2.75, 3.05) is 24.3 Å². The van der Waals surface area contributed by atoms with Crippen molar-refractivity contribution in [3.8, 4) is 5.88 Å². The van der Waals surface area contributed by atoms with E-state index in [1.807, 2.05) is 48.5 Å². The van der Waals surface area contributed by atoms with Gasteiger partial charge in [0.25, 0.3) is 5.91 Å². The molecule has 4 rings (SSSR count). The fraction of sp³-hybridized carbons (Fsp3) is 0.136. The van der Waals surface area contributed by atoms with Crippen LogP contribution in [0.4, 0.5) is 11.4 Å². The molecule has 3 aromatic rings. The molecule has 0 saturated heterocycles. The molecule has 1 atom stereocenters. The van der Waals surface area contributed by atoms with Gasteiger partial charge in [-0.2, -0.15) is 0 Å². The third-order valence-electron chi connectivity index (χ3n) is 4.68. The molecule has 0 unspecified atom stereocenters. The molecule has 146 valence electrons. The van der Waals surface area contributed by atoms with E-state index in [2.05, 4.69) is 15.6 Å². The minimum absolute atomic E-state index is 0.105. The molecule has 1 aromatic heterocycles. The summed E-state index contributed by atoms with van der Waals surface area (Å²) in [6, 6.07) is 20.2. The lowest BCUT2D eigenvalue weighted by Crippen LogP contribution is -2.46. The normalized spacial score (nSPS) is 15.3. The van der Waals surface area contributed by atoms with Gasteiger partial charge in [0.1, 0.15) is 12.7 Å². The molecule has 2 N–H and O–H groups in total. The molecular formula is C22H20N4O3. The highest BCUT2D eigenvalue weighted by atomic mass is 16.5. The molecule has 7 nitrogen and oxygen atoms in total. The molecule has 1 aliphatic heterocycles. The Labute approximate surface area is 168 Å². The van der Waals surface area contributed by atoms with Crippen LogP contribution in [0.15, 0.2) is 72.9 Å². The number of pyridine rings is 1. The monoisotopic (exact) mass is 388 g/mol. The van der Waals surface area contributed by atoms with E-state index in [0.717, 1.165) is 11.3 Å². The molecule has 1 aliphatic rings. The molecule has 0 saturated carbocycles. The van der Waals surface area contributed by atoms with Crippen LogP contribution in [0.2, 0.25) is 0 Å². The third kappa shape index (κ3) is 3.89. The van der Waals surface area contributed by atoms with Crippen molar-refractivity contribution in [1.82, 2.24) is 9.88 Å². The Hall–Kier alpha value is -3.87. The lowest BCUT2D eigenvalue weighted by Gasteiger charge is -2.37. The number of aromatic nitrogens is 1. The topological polar surface area (TPSA) is 83.6 Å². The van der Waals surface area contributed by atoms with Crippen molar-refractivity contribution < 1.29 is 14.3 Å². The van der Waals surface area contributed by atoms with Crippen LogP contribution in [0, 0.1) is 0 Å². The molecule has 7 heteroatoms. The highest BCUT2D eigenvalue weighted by molar-refractivity contribution is 6.04. The van der Waals surface area contributed by atoms with E-state index in [4.69, 9.17) is 4.74 Å². The van der Waals surface area contributed by atoms with Crippen LogP contribution < -0.4 is 15.4 Å². The van der Waals surface area contributed by atoms with E-state index in [9.17, 15) is 9.59 Å². The molecule has 0 spiro atoms. The van der Waals surface area contributed by atoms with E-state index < -0.39 is 6.17 Å². The number of nitrogens with zero attached hydrogens (tertiary/aromatic N) is 2. The maximum absolute atomic E-state index is 13.1. The SMILES string of the molecule is COc1ccc(NC(=O)CN2C(=O)c3ccccc3N[C@@H]2c2ccccc2)cn1. The van der Waals surface area contributed by atoms with Gasteiger partial charge in [0.05, 0.1) is 24.6 Å². The number of methoxy groups -OCH3 is 1. The first kappa shape index (κ1) is 18.5. The van der Waals surface area contributed by atoms with Crippen molar-refractivity contribution in [2.24, 2.45) is 0 Å². The van der Waals surface area contributed by atoms with Crippen LogP contribution in [-0.2, 0) is 4.79 Å². The number of benzene rings is 2. The number of para-hydroxylation sites is 1. The summed E-state index contributed by atoms with van der Waals surface area (Å²) in [4.78, 5) is 31.4. The predicted molar refractivity (Wildman–Crippen MR) is 110 cm³/mol. The quantitative estimate of drug-likeness (QED) is 0.701. The second-order valence-electron chi connectivity index (χ2n) is 6.57. The van der Waals surface area contributed by atoms with Crippen LogP contribution in [0.25, 0.3) is 0 Å². The summed E-state index contributed by atoms with van der Waals surface area (Å²) < 4.78 is 5.02. The Morgan fingerprint density at radius 2 is 1.86 bits per heavy atom. The van der Waals surface area contributed by atoms with Gasteiger partial charge >= 0.3 is 0 Å². The molecule has 2 amide bonds. The molecule has 2 heterocycles. The van der Waals surface area contributed by atoms with Gasteiger partial charge in [0, 0.05) is 11.8 Å². The second kappa shape index (κ2) is 8.02. The Balaban J connectivity index is 1.58. The summed E-state index contributed by atoms with van der Waals surface area (Å²) >= 11 is 0. The van der Waals surface area contributed by atoms with Gasteiger partial charge < -0.3 is 20.3 Å². The average Bonchev–Trinajstić information content (AvgIpc) is 2.77. The summed E-state index contributed by atoms with van der Waals surface area (Å²) in [6.45, 7) is -0.105. The summed E-state index contributed by atoms with van der Waals surface area (Å²) in [7, 11) is 1.52. The highest BCUT2D eigenvalue weighted by Gasteiger charge is 2.33. The number of anilines is 2. The molecular weight excluding hydrogens is 368 g/mol. The molecule has 0 radical (unpaired) electrons. The maximum Gasteiger partial charge on any atom is 0.258 e.